The summed E-state index contributed by atoms with van der Waals surface area (Å²) in [5, 5.41) is 7.81. The molecule has 0 bridgehead atoms. The first-order valence-corrected chi connectivity index (χ1v) is 10.1. The van der Waals surface area contributed by atoms with Crippen LogP contribution in [0.25, 0.3) is 0 Å². The van der Waals surface area contributed by atoms with Crippen LogP contribution in [0.2, 0.25) is 0 Å². The molecule has 1 unspecified atom stereocenters. The lowest BCUT2D eigenvalue weighted by Gasteiger charge is -2.31. The van der Waals surface area contributed by atoms with Crippen LogP contribution >= 0.6 is 0 Å². The summed E-state index contributed by atoms with van der Waals surface area (Å²) in [7, 11) is -2.01. The summed E-state index contributed by atoms with van der Waals surface area (Å²) >= 11 is 0. The van der Waals surface area contributed by atoms with Crippen LogP contribution in [0.5, 0.6) is 11.8 Å². The molecular weight excluding hydrogens is 354 g/mol. The normalized spacial score (nSPS) is 18.5. The second-order valence-electron chi connectivity index (χ2n) is 6.16. The minimum Gasteiger partial charge on any atom is -0.480 e. The summed E-state index contributed by atoms with van der Waals surface area (Å²) < 4.78 is 38.1. The van der Waals surface area contributed by atoms with Gasteiger partial charge >= 0.3 is 0 Å². The lowest BCUT2D eigenvalue weighted by molar-refractivity contribution is 0.123. The van der Waals surface area contributed by atoms with Gasteiger partial charge in [0.25, 0.3) is 0 Å². The molecule has 2 aromatic rings. The Bertz CT molecular complexity index is 823. The molecule has 1 aliphatic heterocycles. The Kier molecular flexibility index (Phi) is 5.73. The summed E-state index contributed by atoms with van der Waals surface area (Å²) in [6, 6.07) is 10.4. The molecular formula is C18H23N3O4S. The largest absolute Gasteiger partial charge is 0.480 e. The average Bonchev–Trinajstić information content (AvgIpc) is 2.69. The molecule has 0 saturated carbocycles. The third-order valence-corrected chi connectivity index (χ3v) is 6.30. The molecule has 8 heteroatoms. The lowest BCUT2D eigenvalue weighted by Crippen LogP contribution is -2.44. The van der Waals surface area contributed by atoms with Gasteiger partial charge in [0, 0.05) is 18.7 Å². The molecule has 1 saturated heterocycles. The molecule has 140 valence electrons. The highest BCUT2D eigenvalue weighted by atomic mass is 32.2. The molecule has 1 aliphatic rings. The zero-order chi connectivity index (χ0) is 18.6. The number of methoxy groups -OCH3 is 1. The summed E-state index contributed by atoms with van der Waals surface area (Å²) in [5.74, 6) is 0.767. The van der Waals surface area contributed by atoms with Crippen molar-refractivity contribution in [3.8, 4) is 11.8 Å². The van der Waals surface area contributed by atoms with Crippen molar-refractivity contribution in [3.63, 3.8) is 0 Å². The fourth-order valence-electron chi connectivity index (χ4n) is 2.92. The van der Waals surface area contributed by atoms with Gasteiger partial charge in [0.2, 0.25) is 21.8 Å². The van der Waals surface area contributed by atoms with Crippen molar-refractivity contribution in [1.82, 2.24) is 14.5 Å². The Morgan fingerprint density at radius 2 is 1.81 bits per heavy atom. The third kappa shape index (κ3) is 4.13. The van der Waals surface area contributed by atoms with Gasteiger partial charge in [0.1, 0.15) is 6.10 Å². The van der Waals surface area contributed by atoms with Crippen LogP contribution in [0.3, 0.4) is 0 Å². The summed E-state index contributed by atoms with van der Waals surface area (Å²) in [6.07, 6.45) is 2.13. The molecule has 0 amide bonds. The highest BCUT2D eigenvalue weighted by molar-refractivity contribution is 7.89. The number of hydrogen-bond acceptors (Lipinski definition) is 6. The number of benzene rings is 1. The van der Waals surface area contributed by atoms with Gasteiger partial charge in [0.15, 0.2) is 0 Å². The fourth-order valence-corrected chi connectivity index (χ4v) is 4.43. The second-order valence-corrected chi connectivity index (χ2v) is 8.09. The van der Waals surface area contributed by atoms with Crippen molar-refractivity contribution >= 4 is 10.0 Å². The molecule has 0 radical (unpaired) electrons. The first kappa shape index (κ1) is 18.6. The SMILES string of the molecule is CCc1ccc(S(=O)(=O)N2CCCC(Oc3ccc(OC)nn3)C2)cc1. The minimum atomic E-state index is -3.53. The minimum absolute atomic E-state index is 0.254. The highest BCUT2D eigenvalue weighted by Gasteiger charge is 2.31. The van der Waals surface area contributed by atoms with E-state index in [4.69, 9.17) is 9.47 Å². The summed E-state index contributed by atoms with van der Waals surface area (Å²) in [5.41, 5.74) is 1.11. The molecule has 1 aromatic heterocycles. The molecule has 7 nitrogen and oxygen atoms in total. The number of sulfonamides is 1. The van der Waals surface area contributed by atoms with Crippen molar-refractivity contribution in [1.29, 1.82) is 0 Å². The van der Waals surface area contributed by atoms with E-state index in [1.165, 1.54) is 11.4 Å². The number of nitrogens with zero attached hydrogens (tertiary/aromatic N) is 3. The Labute approximate surface area is 154 Å². The Morgan fingerprint density at radius 3 is 2.42 bits per heavy atom. The van der Waals surface area contributed by atoms with E-state index in [9.17, 15) is 8.42 Å². The first-order chi connectivity index (χ1) is 12.5. The van der Waals surface area contributed by atoms with E-state index in [-0.39, 0.29) is 6.10 Å². The van der Waals surface area contributed by atoms with Gasteiger partial charge in [-0.25, -0.2) is 8.42 Å². The lowest BCUT2D eigenvalue weighted by atomic mass is 10.1. The van der Waals surface area contributed by atoms with Crippen LogP contribution in [0.1, 0.15) is 25.3 Å². The molecule has 0 spiro atoms. The van der Waals surface area contributed by atoms with E-state index >= 15 is 0 Å². The predicted octanol–water partition coefficient (Wildman–Crippen LogP) is 2.28. The Hall–Kier alpha value is -2.19. The van der Waals surface area contributed by atoms with Gasteiger partial charge in [-0.2, -0.15) is 4.31 Å². The number of ether oxygens (including phenoxy) is 2. The van der Waals surface area contributed by atoms with E-state index in [1.54, 1.807) is 24.3 Å². The number of aryl methyl sites for hydroxylation is 1. The molecule has 0 aliphatic carbocycles. The van der Waals surface area contributed by atoms with E-state index in [1.807, 2.05) is 19.1 Å². The average molecular weight is 377 g/mol. The quantitative estimate of drug-likeness (QED) is 0.768. The van der Waals surface area contributed by atoms with E-state index in [0.717, 1.165) is 24.8 Å². The van der Waals surface area contributed by atoms with Crippen LogP contribution < -0.4 is 9.47 Å². The molecule has 1 atom stereocenters. The molecule has 2 heterocycles. The smallest absolute Gasteiger partial charge is 0.243 e. The predicted molar refractivity (Wildman–Crippen MR) is 96.8 cm³/mol. The maximum atomic E-state index is 12.9. The maximum absolute atomic E-state index is 12.9. The van der Waals surface area contributed by atoms with Crippen molar-refractivity contribution in [2.24, 2.45) is 0 Å². The van der Waals surface area contributed by atoms with Gasteiger partial charge in [-0.05, 0) is 37.0 Å². The van der Waals surface area contributed by atoms with Crippen LogP contribution in [-0.4, -0.2) is 49.2 Å². The van der Waals surface area contributed by atoms with Crippen molar-refractivity contribution in [3.05, 3.63) is 42.0 Å². The monoisotopic (exact) mass is 377 g/mol. The molecule has 3 rings (SSSR count). The number of aromatic nitrogens is 2. The first-order valence-electron chi connectivity index (χ1n) is 8.66. The highest BCUT2D eigenvalue weighted by Crippen LogP contribution is 2.23. The standard InChI is InChI=1S/C18H23N3O4S/c1-3-14-6-8-16(9-7-14)26(22,23)21-12-4-5-15(13-21)25-18-11-10-17(24-2)19-20-18/h6-11,15H,3-5,12-13H2,1-2H3. The van der Waals surface area contributed by atoms with Crippen LogP contribution in [-0.2, 0) is 16.4 Å². The van der Waals surface area contributed by atoms with Gasteiger partial charge in [0.05, 0.1) is 18.6 Å². The van der Waals surface area contributed by atoms with Gasteiger partial charge in [-0.1, -0.05) is 19.1 Å². The molecule has 26 heavy (non-hydrogen) atoms. The number of hydrogen-bond donors (Lipinski definition) is 0. The van der Waals surface area contributed by atoms with Crippen LogP contribution in [0.4, 0.5) is 0 Å². The summed E-state index contributed by atoms with van der Waals surface area (Å²) in [6.45, 7) is 2.83. The molecule has 1 aromatic carbocycles. The molecule has 1 fully saturated rings. The van der Waals surface area contributed by atoms with Crippen molar-refractivity contribution in [2.75, 3.05) is 20.2 Å². The van der Waals surface area contributed by atoms with Gasteiger partial charge in [-0.3, -0.25) is 0 Å². The fraction of sp³-hybridized carbons (Fsp3) is 0.444. The van der Waals surface area contributed by atoms with E-state index in [0.29, 0.717) is 29.7 Å². The van der Waals surface area contributed by atoms with Crippen molar-refractivity contribution < 1.29 is 17.9 Å². The number of rotatable bonds is 6. The second kappa shape index (κ2) is 8.01. The topological polar surface area (TPSA) is 81.6 Å². The zero-order valence-electron chi connectivity index (χ0n) is 15.0. The van der Waals surface area contributed by atoms with E-state index in [2.05, 4.69) is 10.2 Å². The van der Waals surface area contributed by atoms with Crippen molar-refractivity contribution in [2.45, 2.75) is 37.2 Å². The Balaban J connectivity index is 1.70. The van der Waals surface area contributed by atoms with Gasteiger partial charge < -0.3 is 9.47 Å². The van der Waals surface area contributed by atoms with E-state index < -0.39 is 10.0 Å². The summed E-state index contributed by atoms with van der Waals surface area (Å²) in [4.78, 5) is 0.319. The van der Waals surface area contributed by atoms with Gasteiger partial charge in [-0.15, -0.1) is 10.2 Å². The van der Waals surface area contributed by atoms with Crippen LogP contribution in [0.15, 0.2) is 41.3 Å². The maximum Gasteiger partial charge on any atom is 0.243 e. The Morgan fingerprint density at radius 1 is 1.12 bits per heavy atom. The molecule has 0 N–H and O–H groups in total. The third-order valence-electron chi connectivity index (χ3n) is 4.42. The zero-order valence-corrected chi connectivity index (χ0v) is 15.8. The van der Waals surface area contributed by atoms with Crippen LogP contribution in [0, 0.1) is 0 Å². The number of piperidine rings is 1.